The van der Waals surface area contributed by atoms with E-state index < -0.39 is 18.6 Å². The predicted octanol–water partition coefficient (Wildman–Crippen LogP) is 2.95. The Bertz CT molecular complexity index is 756. The number of aromatic nitrogens is 2. The van der Waals surface area contributed by atoms with Gasteiger partial charge >= 0.3 is 6.09 Å². The number of fused-ring (bicyclic) bond motifs is 1. The average Bonchev–Trinajstić information content (AvgIpc) is 2.87. The highest BCUT2D eigenvalue weighted by Crippen LogP contribution is 2.40. The average molecular weight is 276 g/mol. The van der Waals surface area contributed by atoms with E-state index in [9.17, 15) is 9.90 Å². The molecule has 1 saturated heterocycles. The van der Waals surface area contributed by atoms with E-state index in [4.69, 9.17) is 4.11 Å². The number of rotatable bonds is 1. The molecule has 20 heavy (non-hydrogen) atoms. The van der Waals surface area contributed by atoms with E-state index in [0.29, 0.717) is 29.6 Å². The number of carbonyl (C=O) groups is 1. The van der Waals surface area contributed by atoms with Crippen LogP contribution in [0.5, 0.6) is 0 Å². The standard InChI is InChI=1S/C15H19N3O2/c1-15(7-3-4-9-18(15)14(19)20)12-10-17(2)13-11(12)6-5-8-16-13/h5-6,8,10H,3-4,7,9H2,1-2H3,(H,19,20)/i2D3. The highest BCUT2D eigenvalue weighted by atomic mass is 16.4. The van der Waals surface area contributed by atoms with Gasteiger partial charge in [-0.1, -0.05) is 0 Å². The van der Waals surface area contributed by atoms with Crippen molar-refractivity contribution in [2.75, 3.05) is 6.54 Å². The Kier molecular flexibility index (Phi) is 2.21. The number of hydrogen-bond donors (Lipinski definition) is 1. The van der Waals surface area contributed by atoms with Crippen LogP contribution in [0.2, 0.25) is 0 Å². The largest absolute Gasteiger partial charge is 0.465 e. The maximum Gasteiger partial charge on any atom is 0.408 e. The van der Waals surface area contributed by atoms with Crippen LogP contribution in [0, 0.1) is 0 Å². The fourth-order valence-electron chi connectivity index (χ4n) is 3.20. The van der Waals surface area contributed by atoms with Crippen LogP contribution in [-0.2, 0) is 12.5 Å². The molecular formula is C15H19N3O2. The third kappa shape index (κ3) is 1.77. The molecule has 0 radical (unpaired) electrons. The van der Waals surface area contributed by atoms with E-state index in [1.807, 2.05) is 6.92 Å². The molecule has 5 nitrogen and oxygen atoms in total. The zero-order chi connectivity index (χ0) is 16.8. The molecule has 0 saturated carbocycles. The summed E-state index contributed by atoms with van der Waals surface area (Å²) in [5, 5.41) is 10.3. The lowest BCUT2D eigenvalue weighted by atomic mass is 9.82. The first-order valence-corrected chi connectivity index (χ1v) is 6.73. The fraction of sp³-hybridized carbons (Fsp3) is 0.467. The summed E-state index contributed by atoms with van der Waals surface area (Å²) in [4.78, 5) is 17.3. The quantitative estimate of drug-likeness (QED) is 0.871. The van der Waals surface area contributed by atoms with Crippen LogP contribution in [-0.4, -0.2) is 32.2 Å². The monoisotopic (exact) mass is 276 g/mol. The number of carboxylic acid groups (broad SMARTS) is 1. The summed E-state index contributed by atoms with van der Waals surface area (Å²) in [6, 6.07) is 3.55. The predicted molar refractivity (Wildman–Crippen MR) is 76.6 cm³/mol. The molecule has 1 N–H and O–H groups in total. The number of nitrogens with zero attached hydrogens (tertiary/aromatic N) is 3. The van der Waals surface area contributed by atoms with Crippen molar-refractivity contribution in [1.29, 1.82) is 0 Å². The van der Waals surface area contributed by atoms with Crippen LogP contribution in [0.3, 0.4) is 0 Å². The summed E-state index contributed by atoms with van der Waals surface area (Å²) in [6.45, 7) is -0.0393. The van der Waals surface area contributed by atoms with Gasteiger partial charge in [-0.15, -0.1) is 0 Å². The van der Waals surface area contributed by atoms with Gasteiger partial charge in [-0.25, -0.2) is 9.78 Å². The van der Waals surface area contributed by atoms with E-state index in [-0.39, 0.29) is 0 Å². The van der Waals surface area contributed by atoms with E-state index >= 15 is 0 Å². The minimum atomic E-state index is -2.36. The topological polar surface area (TPSA) is 58.4 Å². The third-order valence-corrected chi connectivity index (χ3v) is 4.27. The zero-order valence-corrected chi connectivity index (χ0v) is 11.3. The van der Waals surface area contributed by atoms with Gasteiger partial charge in [0.2, 0.25) is 0 Å². The lowest BCUT2D eigenvalue weighted by Crippen LogP contribution is -2.49. The highest BCUT2D eigenvalue weighted by Gasteiger charge is 2.40. The lowest BCUT2D eigenvalue weighted by Gasteiger charge is -2.43. The van der Waals surface area contributed by atoms with Gasteiger partial charge < -0.3 is 9.67 Å². The second kappa shape index (κ2) is 4.51. The summed E-state index contributed by atoms with van der Waals surface area (Å²) in [7, 11) is 0. The first-order valence-electron chi connectivity index (χ1n) is 8.23. The number of amides is 1. The minimum Gasteiger partial charge on any atom is -0.465 e. The molecule has 106 valence electrons. The first kappa shape index (κ1) is 9.80. The van der Waals surface area contributed by atoms with Gasteiger partial charge in [-0.3, -0.25) is 4.90 Å². The number of hydrogen-bond acceptors (Lipinski definition) is 2. The highest BCUT2D eigenvalue weighted by molar-refractivity contribution is 5.82. The molecule has 0 aromatic carbocycles. The Morgan fingerprint density at radius 3 is 3.15 bits per heavy atom. The summed E-state index contributed by atoms with van der Waals surface area (Å²) < 4.78 is 24.3. The van der Waals surface area contributed by atoms with Gasteiger partial charge in [0.1, 0.15) is 5.65 Å². The van der Waals surface area contributed by atoms with Crippen LogP contribution in [0.4, 0.5) is 4.79 Å². The van der Waals surface area contributed by atoms with Crippen molar-refractivity contribution in [2.45, 2.75) is 31.7 Å². The Morgan fingerprint density at radius 2 is 2.40 bits per heavy atom. The Balaban J connectivity index is 2.25. The van der Waals surface area contributed by atoms with E-state index in [2.05, 4.69) is 4.98 Å². The Hall–Kier alpha value is -2.04. The van der Waals surface area contributed by atoms with Crippen molar-refractivity contribution in [2.24, 2.45) is 6.98 Å². The molecule has 0 bridgehead atoms. The zero-order valence-electron chi connectivity index (χ0n) is 14.3. The second-order valence-corrected chi connectivity index (χ2v) is 5.45. The maximum absolute atomic E-state index is 11.7. The Labute approximate surface area is 122 Å². The molecule has 1 atom stereocenters. The molecule has 1 aliphatic heterocycles. The van der Waals surface area contributed by atoms with Gasteiger partial charge in [-0.05, 0) is 38.3 Å². The summed E-state index contributed by atoms with van der Waals surface area (Å²) in [5.41, 5.74) is 0.320. The number of likely N-dealkylation sites (tertiary alicyclic amines) is 1. The minimum absolute atomic E-state index is 0.361. The second-order valence-electron chi connectivity index (χ2n) is 5.45. The third-order valence-electron chi connectivity index (χ3n) is 4.27. The Morgan fingerprint density at radius 1 is 1.55 bits per heavy atom. The van der Waals surface area contributed by atoms with Gasteiger partial charge in [-0.2, -0.15) is 0 Å². The SMILES string of the molecule is [2H]C([2H])([2H])n1cc(C2(C)CCCCN2C(=O)O)c2cccnc21. The molecule has 0 aliphatic carbocycles. The van der Waals surface area contributed by atoms with E-state index in [0.717, 1.165) is 17.4 Å². The number of piperidine rings is 1. The van der Waals surface area contributed by atoms with Crippen molar-refractivity contribution in [3.63, 3.8) is 0 Å². The number of pyridine rings is 1. The van der Waals surface area contributed by atoms with Gasteiger partial charge in [0.05, 0.1) is 5.54 Å². The molecule has 3 rings (SSSR count). The van der Waals surface area contributed by atoms with Gasteiger partial charge in [0.15, 0.2) is 0 Å². The lowest BCUT2D eigenvalue weighted by molar-refractivity contribution is 0.0566. The molecule has 2 aromatic heterocycles. The van der Waals surface area contributed by atoms with Crippen LogP contribution < -0.4 is 0 Å². The van der Waals surface area contributed by atoms with Crippen molar-refractivity contribution < 1.29 is 14.0 Å². The van der Waals surface area contributed by atoms with Crippen LogP contribution >= 0.6 is 0 Å². The molecule has 1 amide bonds. The van der Waals surface area contributed by atoms with Gasteiger partial charge in [0, 0.05) is 41.0 Å². The smallest absolute Gasteiger partial charge is 0.408 e. The van der Waals surface area contributed by atoms with Crippen molar-refractivity contribution >= 4 is 17.1 Å². The van der Waals surface area contributed by atoms with Crippen LogP contribution in [0.15, 0.2) is 24.5 Å². The normalized spacial score (nSPS) is 26.1. The molecule has 1 unspecified atom stereocenters. The summed E-state index contributed by atoms with van der Waals surface area (Å²) >= 11 is 0. The molecule has 1 fully saturated rings. The van der Waals surface area contributed by atoms with E-state index in [1.165, 1.54) is 4.90 Å². The molecule has 2 aromatic rings. The van der Waals surface area contributed by atoms with Crippen molar-refractivity contribution in [3.05, 3.63) is 30.1 Å². The maximum atomic E-state index is 11.7. The molecule has 5 heteroatoms. The summed E-state index contributed by atoms with van der Waals surface area (Å²) in [5.74, 6) is 0. The van der Waals surface area contributed by atoms with Crippen LogP contribution in [0.1, 0.15) is 35.9 Å². The van der Waals surface area contributed by atoms with Crippen molar-refractivity contribution in [3.8, 4) is 0 Å². The van der Waals surface area contributed by atoms with Gasteiger partial charge in [0.25, 0.3) is 0 Å². The molecular weight excluding hydrogens is 254 g/mol. The first-order chi connectivity index (χ1) is 10.7. The summed E-state index contributed by atoms with van der Waals surface area (Å²) in [6.07, 6.45) is 4.50. The molecule has 3 heterocycles. The molecule has 1 aliphatic rings. The molecule has 0 spiro atoms. The fourth-order valence-corrected chi connectivity index (χ4v) is 3.20. The number of aryl methyl sites for hydroxylation is 1. The van der Waals surface area contributed by atoms with Crippen molar-refractivity contribution in [1.82, 2.24) is 14.5 Å². The van der Waals surface area contributed by atoms with Crippen LogP contribution in [0.25, 0.3) is 11.0 Å². The van der Waals surface area contributed by atoms with E-state index in [1.54, 1.807) is 24.5 Å².